The van der Waals surface area contributed by atoms with Gasteiger partial charge >= 0.3 is 0 Å². The molecule has 2 heterocycles. The van der Waals surface area contributed by atoms with E-state index in [1.165, 1.54) is 0 Å². The fourth-order valence-corrected chi connectivity index (χ4v) is 2.39. The third-order valence-corrected chi connectivity index (χ3v) is 3.63. The van der Waals surface area contributed by atoms with E-state index in [0.29, 0.717) is 0 Å². The minimum Gasteiger partial charge on any atom is -0.494 e. The number of aliphatic imine (C=N–C) groups is 3. The molecule has 0 aliphatic carbocycles. The van der Waals surface area contributed by atoms with Gasteiger partial charge in [0.25, 0.3) is 10.7 Å². The van der Waals surface area contributed by atoms with Crippen molar-refractivity contribution in [2.45, 2.75) is 31.4 Å². The van der Waals surface area contributed by atoms with E-state index in [1.807, 2.05) is 0 Å². The molecule has 2 aliphatic rings. The molecule has 0 aromatic heterocycles. The van der Waals surface area contributed by atoms with Crippen LogP contribution in [0.25, 0.3) is 0 Å². The monoisotopic (exact) mass is 298 g/mol. The molecular formula is C11H11ClN4O4. The van der Waals surface area contributed by atoms with Gasteiger partial charge in [0.2, 0.25) is 11.8 Å². The Bertz CT molecular complexity index is 626. The van der Waals surface area contributed by atoms with Gasteiger partial charge in [0.1, 0.15) is 6.34 Å². The Morgan fingerprint density at radius 2 is 1.85 bits per heavy atom. The number of amides is 1. The van der Waals surface area contributed by atoms with Crippen molar-refractivity contribution in [3.63, 3.8) is 0 Å². The molecule has 0 saturated carbocycles. The van der Waals surface area contributed by atoms with Gasteiger partial charge in [-0.05, 0) is 6.92 Å². The zero-order chi connectivity index (χ0) is 15.3. The van der Waals surface area contributed by atoms with E-state index < -0.39 is 34.0 Å². The first-order chi connectivity index (χ1) is 9.18. The number of carbonyl (C=O) groups is 3. The number of carbonyl (C=O) groups excluding carboxylic acids is 3. The summed E-state index contributed by atoms with van der Waals surface area (Å²) in [5, 5.41) is 7.88. The number of rotatable bonds is 2. The molecule has 1 amide bonds. The van der Waals surface area contributed by atoms with Crippen LogP contribution in [0.4, 0.5) is 0 Å². The van der Waals surface area contributed by atoms with Gasteiger partial charge in [-0.25, -0.2) is 15.0 Å². The average molecular weight is 299 g/mol. The highest BCUT2D eigenvalue weighted by atomic mass is 35.5. The maximum atomic E-state index is 11.9. The molecule has 20 heavy (non-hydrogen) atoms. The Labute approximate surface area is 118 Å². The van der Waals surface area contributed by atoms with Crippen LogP contribution in [0, 0.1) is 0 Å². The quantitative estimate of drug-likeness (QED) is 0.573. The van der Waals surface area contributed by atoms with Gasteiger partial charge in [0.15, 0.2) is 17.4 Å². The molecule has 0 saturated heterocycles. The highest BCUT2D eigenvalue weighted by molar-refractivity contribution is 6.43. The van der Waals surface area contributed by atoms with Gasteiger partial charge in [-0.15, -0.1) is 0 Å². The van der Waals surface area contributed by atoms with Crippen molar-refractivity contribution in [2.24, 2.45) is 15.0 Å². The second-order valence-corrected chi connectivity index (χ2v) is 4.92. The molecule has 0 fully saturated rings. The van der Waals surface area contributed by atoms with E-state index in [9.17, 15) is 19.5 Å². The number of amidine groups is 1. The number of hydrogen-bond donors (Lipinski definition) is 1. The molecule has 106 valence electrons. The van der Waals surface area contributed by atoms with Crippen LogP contribution in [-0.2, 0) is 14.4 Å². The third-order valence-electron chi connectivity index (χ3n) is 3.11. The minimum absolute atomic E-state index is 0.227. The van der Waals surface area contributed by atoms with Crippen molar-refractivity contribution in [1.82, 2.24) is 4.90 Å². The lowest BCUT2D eigenvalue weighted by molar-refractivity contribution is -0.135. The summed E-state index contributed by atoms with van der Waals surface area (Å²) < 4.78 is 0. The van der Waals surface area contributed by atoms with Crippen LogP contribution in [0.15, 0.2) is 15.0 Å². The van der Waals surface area contributed by atoms with Crippen molar-refractivity contribution in [2.75, 3.05) is 0 Å². The van der Waals surface area contributed by atoms with Gasteiger partial charge in [0, 0.05) is 13.8 Å². The lowest BCUT2D eigenvalue weighted by atomic mass is 9.90. The van der Waals surface area contributed by atoms with Crippen LogP contribution in [0.5, 0.6) is 0 Å². The number of halogens is 1. The van der Waals surface area contributed by atoms with E-state index in [-0.39, 0.29) is 5.84 Å². The molecule has 2 rings (SSSR count). The zero-order valence-corrected chi connectivity index (χ0v) is 11.7. The molecule has 0 spiro atoms. The normalized spacial score (nSPS) is 31.5. The molecule has 0 aromatic rings. The topological polar surface area (TPSA) is 112 Å². The van der Waals surface area contributed by atoms with E-state index >= 15 is 0 Å². The maximum absolute atomic E-state index is 11.9. The molecule has 0 bridgehead atoms. The minimum atomic E-state index is -2.17. The van der Waals surface area contributed by atoms with Crippen molar-refractivity contribution < 1.29 is 19.5 Å². The second-order valence-electron chi connectivity index (χ2n) is 4.40. The number of hydrogen-bond acceptors (Lipinski definition) is 6. The smallest absolute Gasteiger partial charge is 0.278 e. The molecule has 0 aromatic carbocycles. The first kappa shape index (κ1) is 14.3. The number of alkyl halides is 1. The molecule has 1 N–H and O–H groups in total. The molecule has 0 radical (unpaired) electrons. The number of nitrogens with zero attached hydrogens (tertiary/aromatic N) is 4. The van der Waals surface area contributed by atoms with Crippen molar-refractivity contribution in [3.8, 4) is 0 Å². The Hall–Kier alpha value is -2.09. The van der Waals surface area contributed by atoms with Gasteiger partial charge in [-0.2, -0.15) is 0 Å². The highest BCUT2D eigenvalue weighted by Crippen LogP contribution is 2.37. The Balaban J connectivity index is 2.78. The Morgan fingerprint density at radius 1 is 1.25 bits per heavy atom. The van der Waals surface area contributed by atoms with E-state index in [0.717, 1.165) is 32.0 Å². The summed E-state index contributed by atoms with van der Waals surface area (Å²) in [4.78, 5) is 47.4. The molecule has 2 aliphatic heterocycles. The molecule has 2 atom stereocenters. The van der Waals surface area contributed by atoms with E-state index in [2.05, 4.69) is 15.0 Å². The molecule has 9 heteroatoms. The Morgan fingerprint density at radius 3 is 2.30 bits per heavy atom. The van der Waals surface area contributed by atoms with Crippen LogP contribution in [0.3, 0.4) is 0 Å². The zero-order valence-electron chi connectivity index (χ0n) is 10.9. The first-order valence-electron chi connectivity index (χ1n) is 5.61. The maximum Gasteiger partial charge on any atom is 0.278 e. The van der Waals surface area contributed by atoms with E-state index in [4.69, 9.17) is 11.6 Å². The number of fused-ring (bicyclic) bond motifs is 1. The molecule has 2 unspecified atom stereocenters. The average Bonchev–Trinajstić information content (AvgIpc) is 2.73. The van der Waals surface area contributed by atoms with Crippen LogP contribution in [0.1, 0.15) is 20.8 Å². The fraction of sp³-hybridized carbons (Fsp3) is 0.455. The van der Waals surface area contributed by atoms with Crippen LogP contribution < -0.4 is 0 Å². The van der Waals surface area contributed by atoms with Crippen molar-refractivity contribution >= 4 is 47.1 Å². The van der Waals surface area contributed by atoms with Gasteiger partial charge in [0.05, 0.1) is 0 Å². The summed E-state index contributed by atoms with van der Waals surface area (Å²) >= 11 is 6.06. The summed E-state index contributed by atoms with van der Waals surface area (Å²) in [7, 11) is 0. The summed E-state index contributed by atoms with van der Waals surface area (Å²) in [5.74, 6) is -2.94. The van der Waals surface area contributed by atoms with Gasteiger partial charge < -0.3 is 5.11 Å². The van der Waals surface area contributed by atoms with Crippen LogP contribution in [-0.4, -0.2) is 56.2 Å². The molecule has 8 nitrogen and oxygen atoms in total. The summed E-state index contributed by atoms with van der Waals surface area (Å²) in [5.41, 5.74) is -1.90. The van der Waals surface area contributed by atoms with Gasteiger partial charge in [-0.1, -0.05) is 11.6 Å². The summed E-state index contributed by atoms with van der Waals surface area (Å²) in [6, 6.07) is 0. The van der Waals surface area contributed by atoms with E-state index in [1.54, 1.807) is 0 Å². The number of ketones is 2. The predicted octanol–water partition coefficient (Wildman–Crippen LogP) is 0.0548. The number of aliphatic hydroxyl groups excluding tert-OH is 1. The predicted molar refractivity (Wildman–Crippen MR) is 71.2 cm³/mol. The lowest BCUT2D eigenvalue weighted by Crippen LogP contribution is -2.67. The van der Waals surface area contributed by atoms with Crippen molar-refractivity contribution in [3.05, 3.63) is 0 Å². The third kappa shape index (κ3) is 1.54. The van der Waals surface area contributed by atoms with Gasteiger partial charge in [-0.3, -0.25) is 19.3 Å². The van der Waals surface area contributed by atoms with Crippen LogP contribution >= 0.6 is 11.6 Å². The standard InChI is InChI=1S/C11H11ClN4O4/c1-5(17)10-8(13-4-14-10)16(7(3)19)11(12,6(2)18)15-9(10)20/h4H,1-3H3,(H,15,20). The number of Topliss-reactive ketones (excluding diaryl/α,β-unsaturated/α-hetero) is 2. The first-order valence-corrected chi connectivity index (χ1v) is 5.98. The summed E-state index contributed by atoms with van der Waals surface area (Å²) in [6.07, 6.45) is 1.02. The summed E-state index contributed by atoms with van der Waals surface area (Å²) in [6.45, 7) is 3.41. The number of aliphatic hydroxyl groups is 1. The SMILES string of the molecule is CC(=O)N1C2=NC=NC2(C(C)=O)C(O)=NC1(Cl)C(C)=O. The lowest BCUT2D eigenvalue weighted by Gasteiger charge is -2.41. The fourth-order valence-electron chi connectivity index (χ4n) is 2.11. The molecular weight excluding hydrogens is 288 g/mol. The largest absolute Gasteiger partial charge is 0.494 e. The van der Waals surface area contributed by atoms with Crippen molar-refractivity contribution in [1.29, 1.82) is 0 Å². The Kier molecular flexibility index (Phi) is 3.01. The highest BCUT2D eigenvalue weighted by Gasteiger charge is 2.61. The van der Waals surface area contributed by atoms with Crippen LogP contribution in [0.2, 0.25) is 0 Å². The second kappa shape index (κ2) is 4.20.